The number of carbonyl (C=O) groups is 1. The summed E-state index contributed by atoms with van der Waals surface area (Å²) in [6.07, 6.45) is 12.3. The Hall–Kier alpha value is -0.370. The summed E-state index contributed by atoms with van der Waals surface area (Å²) in [7, 11) is 0. The van der Waals surface area contributed by atoms with Gasteiger partial charge in [-0.2, -0.15) is 0 Å². The normalized spacial score (nSPS) is 34.9. The minimum atomic E-state index is 0.327. The van der Waals surface area contributed by atoms with Crippen molar-refractivity contribution >= 4 is 5.78 Å². The fourth-order valence-electron chi connectivity index (χ4n) is 3.78. The Morgan fingerprint density at radius 3 is 2.83 bits per heavy atom. The molecule has 1 saturated carbocycles. The quantitative estimate of drug-likeness (QED) is 0.828. The fourth-order valence-corrected chi connectivity index (χ4v) is 3.78. The molecule has 1 N–H and O–H groups in total. The smallest absolute Gasteiger partial charge is 0.137 e. The van der Waals surface area contributed by atoms with Gasteiger partial charge in [-0.05, 0) is 38.1 Å². The molecule has 0 amide bonds. The average Bonchev–Trinajstić information content (AvgIpc) is 2.32. The summed E-state index contributed by atoms with van der Waals surface area (Å²) in [5.74, 6) is 1.68. The third-order valence-corrected chi connectivity index (χ3v) is 4.83. The lowest BCUT2D eigenvalue weighted by molar-refractivity contribution is -0.126. The van der Waals surface area contributed by atoms with Crippen LogP contribution in [0.1, 0.15) is 71.1 Å². The van der Waals surface area contributed by atoms with Gasteiger partial charge >= 0.3 is 0 Å². The Balaban J connectivity index is 1.92. The Kier molecular flexibility index (Phi) is 5.68. The first-order chi connectivity index (χ1) is 8.81. The van der Waals surface area contributed by atoms with Crippen molar-refractivity contribution in [2.24, 2.45) is 11.8 Å². The number of Topliss-reactive ketones (excluding diaryl/α,β-unsaturated/α-hetero) is 1. The molecule has 0 aromatic carbocycles. The highest BCUT2D eigenvalue weighted by Gasteiger charge is 2.33. The van der Waals surface area contributed by atoms with Crippen molar-refractivity contribution in [2.45, 2.75) is 77.2 Å². The van der Waals surface area contributed by atoms with E-state index in [1.54, 1.807) is 0 Å². The fraction of sp³-hybridized carbons (Fsp3) is 0.938. The van der Waals surface area contributed by atoms with Gasteiger partial charge < -0.3 is 5.32 Å². The molecule has 3 unspecified atom stereocenters. The van der Waals surface area contributed by atoms with Gasteiger partial charge in [-0.3, -0.25) is 4.79 Å². The summed E-state index contributed by atoms with van der Waals surface area (Å²) < 4.78 is 0. The van der Waals surface area contributed by atoms with E-state index in [9.17, 15) is 4.79 Å². The van der Waals surface area contributed by atoms with Crippen LogP contribution < -0.4 is 5.32 Å². The van der Waals surface area contributed by atoms with Crippen LogP contribution >= 0.6 is 0 Å². The van der Waals surface area contributed by atoms with Gasteiger partial charge in [0.25, 0.3) is 0 Å². The van der Waals surface area contributed by atoms with Gasteiger partial charge in [0.2, 0.25) is 0 Å². The molecule has 1 heterocycles. The van der Waals surface area contributed by atoms with Crippen LogP contribution in [0.15, 0.2) is 0 Å². The number of hydrogen-bond donors (Lipinski definition) is 1. The minimum Gasteiger partial charge on any atom is -0.313 e. The van der Waals surface area contributed by atoms with Gasteiger partial charge in [0, 0.05) is 18.4 Å². The number of rotatable bonds is 3. The standard InChI is InChI=1S/C16H29NO/c1-2-7-13-9-10-16(18)14(12-13)15-8-5-3-4-6-11-17-15/h13-15,17H,2-12H2,1H3. The first-order valence-corrected chi connectivity index (χ1v) is 8.07. The highest BCUT2D eigenvalue weighted by atomic mass is 16.1. The van der Waals surface area contributed by atoms with Gasteiger partial charge in [-0.1, -0.05) is 39.0 Å². The Labute approximate surface area is 112 Å². The van der Waals surface area contributed by atoms with E-state index in [2.05, 4.69) is 12.2 Å². The maximum Gasteiger partial charge on any atom is 0.137 e. The number of hydrogen-bond acceptors (Lipinski definition) is 2. The molecule has 2 aliphatic rings. The van der Waals surface area contributed by atoms with Crippen molar-refractivity contribution in [3.63, 3.8) is 0 Å². The summed E-state index contributed by atoms with van der Waals surface area (Å²) in [6, 6.07) is 0.484. The molecule has 2 fully saturated rings. The van der Waals surface area contributed by atoms with Crippen molar-refractivity contribution < 1.29 is 4.79 Å². The van der Waals surface area contributed by atoms with Gasteiger partial charge in [-0.25, -0.2) is 0 Å². The van der Waals surface area contributed by atoms with Crippen molar-refractivity contribution in [3.8, 4) is 0 Å². The topological polar surface area (TPSA) is 29.1 Å². The highest BCUT2D eigenvalue weighted by Crippen LogP contribution is 2.33. The molecule has 18 heavy (non-hydrogen) atoms. The molecular formula is C16H29NO. The van der Waals surface area contributed by atoms with E-state index in [1.807, 2.05) is 0 Å². The van der Waals surface area contributed by atoms with E-state index in [1.165, 1.54) is 44.9 Å². The van der Waals surface area contributed by atoms with E-state index < -0.39 is 0 Å². The number of carbonyl (C=O) groups excluding carboxylic acids is 1. The first-order valence-electron chi connectivity index (χ1n) is 8.07. The molecule has 2 rings (SSSR count). The Morgan fingerprint density at radius 1 is 1.17 bits per heavy atom. The largest absolute Gasteiger partial charge is 0.313 e. The van der Waals surface area contributed by atoms with Crippen LogP contribution in [0.2, 0.25) is 0 Å². The average molecular weight is 251 g/mol. The lowest BCUT2D eigenvalue weighted by Gasteiger charge is -2.35. The Bertz CT molecular complexity index is 256. The van der Waals surface area contributed by atoms with Crippen molar-refractivity contribution in [1.82, 2.24) is 5.32 Å². The summed E-state index contributed by atoms with van der Waals surface area (Å²) in [6.45, 7) is 3.38. The van der Waals surface area contributed by atoms with Gasteiger partial charge in [0.05, 0.1) is 0 Å². The molecule has 2 heteroatoms. The predicted molar refractivity (Wildman–Crippen MR) is 75.6 cm³/mol. The molecule has 104 valence electrons. The van der Waals surface area contributed by atoms with E-state index in [-0.39, 0.29) is 0 Å². The molecule has 3 atom stereocenters. The molecule has 0 radical (unpaired) electrons. The van der Waals surface area contributed by atoms with Gasteiger partial charge in [0.15, 0.2) is 0 Å². The molecule has 0 spiro atoms. The van der Waals surface area contributed by atoms with Crippen LogP contribution in [-0.4, -0.2) is 18.4 Å². The van der Waals surface area contributed by atoms with Crippen LogP contribution in [0.25, 0.3) is 0 Å². The zero-order valence-electron chi connectivity index (χ0n) is 11.9. The zero-order valence-corrected chi connectivity index (χ0v) is 11.9. The van der Waals surface area contributed by atoms with Gasteiger partial charge in [-0.15, -0.1) is 0 Å². The summed E-state index contributed by atoms with van der Waals surface area (Å²) in [5.41, 5.74) is 0. The molecule has 1 saturated heterocycles. The third-order valence-electron chi connectivity index (χ3n) is 4.83. The van der Waals surface area contributed by atoms with Gasteiger partial charge in [0.1, 0.15) is 5.78 Å². The highest BCUT2D eigenvalue weighted by molar-refractivity contribution is 5.82. The van der Waals surface area contributed by atoms with Crippen LogP contribution in [0.5, 0.6) is 0 Å². The lowest BCUT2D eigenvalue weighted by Crippen LogP contribution is -2.44. The summed E-state index contributed by atoms with van der Waals surface area (Å²) >= 11 is 0. The van der Waals surface area contributed by atoms with E-state index >= 15 is 0 Å². The molecule has 0 bridgehead atoms. The minimum absolute atomic E-state index is 0.327. The zero-order chi connectivity index (χ0) is 12.8. The number of ketones is 1. The van der Waals surface area contributed by atoms with E-state index in [0.29, 0.717) is 17.7 Å². The number of nitrogens with one attached hydrogen (secondary N) is 1. The van der Waals surface area contributed by atoms with E-state index in [4.69, 9.17) is 0 Å². The second-order valence-corrected chi connectivity index (χ2v) is 6.27. The van der Waals surface area contributed by atoms with Crippen LogP contribution in [-0.2, 0) is 4.79 Å². The van der Waals surface area contributed by atoms with E-state index in [0.717, 1.165) is 31.7 Å². The Morgan fingerprint density at radius 2 is 2.00 bits per heavy atom. The van der Waals surface area contributed by atoms with Crippen LogP contribution in [0.3, 0.4) is 0 Å². The lowest BCUT2D eigenvalue weighted by atomic mass is 9.74. The second kappa shape index (κ2) is 7.28. The monoisotopic (exact) mass is 251 g/mol. The second-order valence-electron chi connectivity index (χ2n) is 6.27. The molecule has 0 aromatic rings. The maximum absolute atomic E-state index is 12.2. The summed E-state index contributed by atoms with van der Waals surface area (Å²) in [4.78, 5) is 12.2. The predicted octanol–water partition coefficient (Wildman–Crippen LogP) is 3.69. The SMILES string of the molecule is CCCC1CCC(=O)C(C2CCCCCCN2)C1. The molecule has 1 aliphatic carbocycles. The molecular weight excluding hydrogens is 222 g/mol. The molecule has 1 aliphatic heterocycles. The molecule has 0 aromatic heterocycles. The van der Waals surface area contributed by atoms with Crippen LogP contribution in [0, 0.1) is 11.8 Å². The summed E-state index contributed by atoms with van der Waals surface area (Å²) in [5, 5.41) is 3.66. The maximum atomic E-state index is 12.2. The van der Waals surface area contributed by atoms with Crippen molar-refractivity contribution in [1.29, 1.82) is 0 Å². The van der Waals surface area contributed by atoms with Crippen molar-refractivity contribution in [3.05, 3.63) is 0 Å². The van der Waals surface area contributed by atoms with Crippen molar-refractivity contribution in [2.75, 3.05) is 6.54 Å². The van der Waals surface area contributed by atoms with Crippen LogP contribution in [0.4, 0.5) is 0 Å². The third kappa shape index (κ3) is 3.81. The molecule has 2 nitrogen and oxygen atoms in total. The first kappa shape index (κ1) is 14.0.